The number of hydrogen-bond donors (Lipinski definition) is 0. The number of benzene rings is 2. The Labute approximate surface area is 136 Å². The summed E-state index contributed by atoms with van der Waals surface area (Å²) in [5, 5.41) is 9.55. The molecule has 2 aromatic rings. The molecule has 0 aliphatic heterocycles. The van der Waals surface area contributed by atoms with Crippen molar-refractivity contribution in [1.82, 2.24) is 0 Å². The molecule has 0 aliphatic rings. The van der Waals surface area contributed by atoms with Gasteiger partial charge in [-0.05, 0) is 42.3 Å². The van der Waals surface area contributed by atoms with Crippen molar-refractivity contribution < 1.29 is 9.47 Å². The zero-order chi connectivity index (χ0) is 15.8. The maximum Gasteiger partial charge on any atom is 0.137 e. The molecule has 2 aromatic carbocycles. The number of ether oxygens (including phenoxy) is 2. The minimum Gasteiger partial charge on any atom is -0.490 e. The van der Waals surface area contributed by atoms with Gasteiger partial charge in [-0.1, -0.05) is 37.1 Å². The van der Waals surface area contributed by atoms with Crippen molar-refractivity contribution in [2.45, 2.75) is 19.8 Å². The zero-order valence-electron chi connectivity index (χ0n) is 12.5. The third kappa shape index (κ3) is 4.68. The second-order valence-corrected chi connectivity index (χ2v) is 5.28. The highest BCUT2D eigenvalue weighted by molar-refractivity contribution is 6.30. The van der Waals surface area contributed by atoms with Gasteiger partial charge < -0.3 is 9.47 Å². The Hall–Kier alpha value is -2.18. The van der Waals surface area contributed by atoms with Gasteiger partial charge in [0.25, 0.3) is 0 Å². The number of nitrogens with zero attached hydrogens (tertiary/aromatic N) is 1. The normalized spacial score (nSPS) is 10.0. The molecule has 0 aliphatic carbocycles. The standard InChI is InChI=1S/C18H18ClNO2/c1-2-3-14-4-7-17(8-5-14)21-10-11-22-18-9-6-16(19)12-15(18)13-20/h4-9,12H,2-3,10-11H2,1H3. The van der Waals surface area contributed by atoms with E-state index in [0.717, 1.165) is 18.6 Å². The van der Waals surface area contributed by atoms with E-state index in [2.05, 4.69) is 25.1 Å². The predicted molar refractivity (Wildman–Crippen MR) is 87.6 cm³/mol. The van der Waals surface area contributed by atoms with Gasteiger partial charge in [0.1, 0.15) is 30.8 Å². The molecule has 0 heterocycles. The third-order valence-electron chi connectivity index (χ3n) is 3.13. The first-order valence-corrected chi connectivity index (χ1v) is 7.65. The highest BCUT2D eigenvalue weighted by Crippen LogP contribution is 2.22. The fourth-order valence-corrected chi connectivity index (χ4v) is 2.24. The number of rotatable bonds is 7. The molecule has 0 saturated heterocycles. The van der Waals surface area contributed by atoms with Gasteiger partial charge in [0.05, 0.1) is 5.56 Å². The van der Waals surface area contributed by atoms with Crippen molar-refractivity contribution in [1.29, 1.82) is 5.26 Å². The van der Waals surface area contributed by atoms with Crippen LogP contribution in [0.5, 0.6) is 11.5 Å². The largest absolute Gasteiger partial charge is 0.490 e. The Morgan fingerprint density at radius 3 is 2.45 bits per heavy atom. The molecule has 0 unspecified atom stereocenters. The summed E-state index contributed by atoms with van der Waals surface area (Å²) in [6.07, 6.45) is 2.22. The Morgan fingerprint density at radius 1 is 1.05 bits per heavy atom. The first-order chi connectivity index (χ1) is 10.7. The van der Waals surface area contributed by atoms with Crippen LogP contribution in [0.15, 0.2) is 42.5 Å². The molecule has 2 rings (SSSR count). The number of nitriles is 1. The van der Waals surface area contributed by atoms with E-state index in [1.54, 1.807) is 18.2 Å². The highest BCUT2D eigenvalue weighted by Gasteiger charge is 2.04. The summed E-state index contributed by atoms with van der Waals surface area (Å²) < 4.78 is 11.2. The molecular formula is C18H18ClNO2. The fraction of sp³-hybridized carbons (Fsp3) is 0.278. The zero-order valence-corrected chi connectivity index (χ0v) is 13.3. The fourth-order valence-electron chi connectivity index (χ4n) is 2.07. The predicted octanol–water partition coefficient (Wildman–Crippen LogP) is 4.62. The van der Waals surface area contributed by atoms with Crippen molar-refractivity contribution in [3.05, 3.63) is 58.6 Å². The SMILES string of the molecule is CCCc1ccc(OCCOc2ccc(Cl)cc2C#N)cc1. The third-order valence-corrected chi connectivity index (χ3v) is 3.37. The van der Waals surface area contributed by atoms with E-state index in [0.29, 0.717) is 29.5 Å². The van der Waals surface area contributed by atoms with Crippen LogP contribution in [0.3, 0.4) is 0 Å². The van der Waals surface area contributed by atoms with Gasteiger partial charge in [-0.25, -0.2) is 0 Å². The van der Waals surface area contributed by atoms with Crippen LogP contribution in [0.1, 0.15) is 24.5 Å². The van der Waals surface area contributed by atoms with E-state index in [4.69, 9.17) is 26.3 Å². The summed E-state index contributed by atoms with van der Waals surface area (Å²) in [4.78, 5) is 0. The first-order valence-electron chi connectivity index (χ1n) is 7.27. The van der Waals surface area contributed by atoms with Gasteiger partial charge >= 0.3 is 0 Å². The van der Waals surface area contributed by atoms with Gasteiger partial charge in [0, 0.05) is 5.02 Å². The average molecular weight is 316 g/mol. The van der Waals surface area contributed by atoms with Gasteiger partial charge in [-0.15, -0.1) is 0 Å². The van der Waals surface area contributed by atoms with Crippen molar-refractivity contribution in [3.8, 4) is 17.6 Å². The van der Waals surface area contributed by atoms with Crippen molar-refractivity contribution in [3.63, 3.8) is 0 Å². The Morgan fingerprint density at radius 2 is 1.77 bits per heavy atom. The second kappa shape index (κ2) is 8.31. The summed E-state index contributed by atoms with van der Waals surface area (Å²) in [5.74, 6) is 1.34. The molecule has 0 aromatic heterocycles. The topological polar surface area (TPSA) is 42.2 Å². The van der Waals surface area contributed by atoms with Gasteiger partial charge in [0.2, 0.25) is 0 Å². The van der Waals surface area contributed by atoms with Crippen molar-refractivity contribution in [2.75, 3.05) is 13.2 Å². The number of aryl methyl sites for hydroxylation is 1. The van der Waals surface area contributed by atoms with E-state index in [9.17, 15) is 0 Å². The van der Waals surface area contributed by atoms with Crippen LogP contribution < -0.4 is 9.47 Å². The lowest BCUT2D eigenvalue weighted by molar-refractivity contribution is 0.217. The second-order valence-electron chi connectivity index (χ2n) is 4.84. The summed E-state index contributed by atoms with van der Waals surface area (Å²) in [5.41, 5.74) is 1.74. The summed E-state index contributed by atoms with van der Waals surface area (Å²) in [6.45, 7) is 2.95. The summed E-state index contributed by atoms with van der Waals surface area (Å²) in [7, 11) is 0. The van der Waals surface area contributed by atoms with E-state index in [-0.39, 0.29) is 0 Å². The molecule has 0 saturated carbocycles. The van der Waals surface area contributed by atoms with Crippen LogP contribution in [0.4, 0.5) is 0 Å². The van der Waals surface area contributed by atoms with Crippen molar-refractivity contribution in [2.24, 2.45) is 0 Å². The van der Waals surface area contributed by atoms with E-state index >= 15 is 0 Å². The molecule has 3 nitrogen and oxygen atoms in total. The lowest BCUT2D eigenvalue weighted by Crippen LogP contribution is -2.09. The first kappa shape index (κ1) is 16.2. The monoisotopic (exact) mass is 315 g/mol. The highest BCUT2D eigenvalue weighted by atomic mass is 35.5. The van der Waals surface area contributed by atoms with Gasteiger partial charge in [0.15, 0.2) is 0 Å². The lowest BCUT2D eigenvalue weighted by atomic mass is 10.1. The van der Waals surface area contributed by atoms with Crippen LogP contribution in [-0.4, -0.2) is 13.2 Å². The molecule has 0 N–H and O–H groups in total. The van der Waals surface area contributed by atoms with Crippen LogP contribution in [-0.2, 0) is 6.42 Å². The Balaban J connectivity index is 1.81. The lowest BCUT2D eigenvalue weighted by Gasteiger charge is -2.10. The smallest absolute Gasteiger partial charge is 0.137 e. The van der Waals surface area contributed by atoms with E-state index in [1.807, 2.05) is 12.1 Å². The Kier molecular flexibility index (Phi) is 6.12. The molecule has 22 heavy (non-hydrogen) atoms. The quantitative estimate of drug-likeness (QED) is 0.700. The molecule has 0 fully saturated rings. The average Bonchev–Trinajstić information content (AvgIpc) is 2.54. The molecule has 4 heteroatoms. The summed E-state index contributed by atoms with van der Waals surface area (Å²) >= 11 is 5.84. The number of halogens is 1. The minimum atomic E-state index is 0.368. The molecule has 0 amide bonds. The van der Waals surface area contributed by atoms with Gasteiger partial charge in [-0.2, -0.15) is 5.26 Å². The molecule has 0 bridgehead atoms. The van der Waals surface area contributed by atoms with E-state index < -0.39 is 0 Å². The molecule has 0 spiro atoms. The molecular weight excluding hydrogens is 298 g/mol. The van der Waals surface area contributed by atoms with Crippen LogP contribution in [0, 0.1) is 11.3 Å². The van der Waals surface area contributed by atoms with Crippen LogP contribution in [0.2, 0.25) is 5.02 Å². The maximum absolute atomic E-state index is 9.03. The van der Waals surface area contributed by atoms with Gasteiger partial charge in [-0.3, -0.25) is 0 Å². The maximum atomic E-state index is 9.03. The molecule has 114 valence electrons. The molecule has 0 atom stereocenters. The van der Waals surface area contributed by atoms with Crippen LogP contribution >= 0.6 is 11.6 Å². The van der Waals surface area contributed by atoms with Crippen molar-refractivity contribution >= 4 is 11.6 Å². The minimum absolute atomic E-state index is 0.368. The molecule has 0 radical (unpaired) electrons. The number of hydrogen-bond acceptors (Lipinski definition) is 3. The van der Waals surface area contributed by atoms with E-state index in [1.165, 1.54) is 5.56 Å². The summed E-state index contributed by atoms with van der Waals surface area (Å²) in [6, 6.07) is 15.1. The Bertz CT molecular complexity index is 647. The van der Waals surface area contributed by atoms with Crippen LogP contribution in [0.25, 0.3) is 0 Å².